The first-order chi connectivity index (χ1) is 11.5. The standard InChI is InChI=1S/C18H30N4O2/c1-5-22-16(10-15(19-22)13(2)3)18(23)21-11-14(4)17(12-21)20-6-8-24-9-7-20/h10,13-14,17H,5-9,11-12H2,1-4H3/t14-,17-/m1/s1. The molecule has 2 atom stereocenters. The predicted molar refractivity (Wildman–Crippen MR) is 93.2 cm³/mol. The van der Waals surface area contributed by atoms with E-state index in [1.54, 1.807) is 0 Å². The molecule has 134 valence electrons. The van der Waals surface area contributed by atoms with Crippen molar-refractivity contribution in [2.24, 2.45) is 5.92 Å². The highest BCUT2D eigenvalue weighted by atomic mass is 16.5. The summed E-state index contributed by atoms with van der Waals surface area (Å²) in [5, 5.41) is 4.59. The number of likely N-dealkylation sites (tertiary alicyclic amines) is 1. The van der Waals surface area contributed by atoms with E-state index in [9.17, 15) is 4.79 Å². The van der Waals surface area contributed by atoms with E-state index in [-0.39, 0.29) is 5.91 Å². The van der Waals surface area contributed by atoms with Gasteiger partial charge in [0.05, 0.1) is 18.9 Å². The van der Waals surface area contributed by atoms with Crippen LogP contribution in [0, 0.1) is 5.92 Å². The maximum atomic E-state index is 13.1. The summed E-state index contributed by atoms with van der Waals surface area (Å²) in [5.41, 5.74) is 1.73. The topological polar surface area (TPSA) is 50.6 Å². The number of rotatable bonds is 4. The van der Waals surface area contributed by atoms with Crippen LogP contribution in [0.3, 0.4) is 0 Å². The number of carbonyl (C=O) groups excluding carboxylic acids is 1. The van der Waals surface area contributed by atoms with E-state index in [1.165, 1.54) is 0 Å². The Morgan fingerprint density at radius 3 is 2.67 bits per heavy atom. The van der Waals surface area contributed by atoms with Crippen LogP contribution in [0.4, 0.5) is 0 Å². The summed E-state index contributed by atoms with van der Waals surface area (Å²) in [4.78, 5) is 17.6. The number of ether oxygens (including phenoxy) is 1. The SMILES string of the molecule is CCn1nc(C(C)C)cc1C(=O)N1C[C@@H](C)[C@H](N2CCOCC2)C1. The van der Waals surface area contributed by atoms with Crippen molar-refractivity contribution in [3.8, 4) is 0 Å². The number of carbonyl (C=O) groups is 1. The molecule has 0 unspecified atom stereocenters. The molecule has 2 saturated heterocycles. The first-order valence-corrected chi connectivity index (χ1v) is 9.20. The smallest absolute Gasteiger partial charge is 0.272 e. The molecule has 0 N–H and O–H groups in total. The van der Waals surface area contributed by atoms with E-state index >= 15 is 0 Å². The molecule has 0 bridgehead atoms. The Morgan fingerprint density at radius 1 is 1.33 bits per heavy atom. The van der Waals surface area contributed by atoms with Crippen molar-refractivity contribution >= 4 is 5.91 Å². The second-order valence-electron chi connectivity index (χ2n) is 7.33. The number of nitrogens with zero attached hydrogens (tertiary/aromatic N) is 4. The number of morpholine rings is 1. The van der Waals surface area contributed by atoms with E-state index in [2.05, 4.69) is 30.8 Å². The monoisotopic (exact) mass is 334 g/mol. The lowest BCUT2D eigenvalue weighted by atomic mass is 10.0. The normalized spacial score (nSPS) is 25.6. The van der Waals surface area contributed by atoms with Crippen molar-refractivity contribution in [3.63, 3.8) is 0 Å². The van der Waals surface area contributed by atoms with Gasteiger partial charge in [0.15, 0.2) is 0 Å². The van der Waals surface area contributed by atoms with Crippen molar-refractivity contribution in [3.05, 3.63) is 17.5 Å². The number of hydrogen-bond acceptors (Lipinski definition) is 4. The summed E-state index contributed by atoms with van der Waals surface area (Å²) in [6, 6.07) is 2.42. The molecule has 24 heavy (non-hydrogen) atoms. The molecule has 0 aromatic carbocycles. The Labute approximate surface area is 144 Å². The van der Waals surface area contributed by atoms with Gasteiger partial charge in [0.25, 0.3) is 5.91 Å². The lowest BCUT2D eigenvalue weighted by molar-refractivity contribution is 0.0119. The molecule has 1 aromatic rings. The molecule has 1 amide bonds. The minimum atomic E-state index is 0.124. The molecule has 3 rings (SSSR count). The molecule has 0 saturated carbocycles. The van der Waals surface area contributed by atoms with Crippen LogP contribution in [0.25, 0.3) is 0 Å². The number of amides is 1. The van der Waals surface area contributed by atoms with E-state index < -0.39 is 0 Å². The Bertz CT molecular complexity index is 578. The van der Waals surface area contributed by atoms with Crippen LogP contribution in [0.2, 0.25) is 0 Å². The highest BCUT2D eigenvalue weighted by Gasteiger charge is 2.37. The molecule has 0 spiro atoms. The second-order valence-corrected chi connectivity index (χ2v) is 7.33. The van der Waals surface area contributed by atoms with E-state index in [4.69, 9.17) is 4.74 Å². The van der Waals surface area contributed by atoms with Crippen LogP contribution in [-0.4, -0.2) is 70.9 Å². The zero-order valence-corrected chi connectivity index (χ0v) is 15.4. The number of aryl methyl sites for hydroxylation is 1. The van der Waals surface area contributed by atoms with Gasteiger partial charge in [-0.15, -0.1) is 0 Å². The van der Waals surface area contributed by atoms with Gasteiger partial charge in [0, 0.05) is 38.8 Å². The zero-order chi connectivity index (χ0) is 17.3. The van der Waals surface area contributed by atoms with Gasteiger partial charge in [-0.1, -0.05) is 20.8 Å². The fourth-order valence-corrected chi connectivity index (χ4v) is 3.79. The van der Waals surface area contributed by atoms with E-state index in [0.29, 0.717) is 17.9 Å². The molecular weight excluding hydrogens is 304 g/mol. The lowest BCUT2D eigenvalue weighted by Gasteiger charge is -2.33. The highest BCUT2D eigenvalue weighted by Crippen LogP contribution is 2.25. The average molecular weight is 334 g/mol. The third-order valence-corrected chi connectivity index (χ3v) is 5.28. The molecule has 0 aliphatic carbocycles. The third kappa shape index (κ3) is 3.35. The Hall–Kier alpha value is -1.40. The maximum absolute atomic E-state index is 13.1. The number of aromatic nitrogens is 2. The Kier molecular flexibility index (Phi) is 5.25. The molecule has 1 aromatic heterocycles. The molecule has 6 heteroatoms. The zero-order valence-electron chi connectivity index (χ0n) is 15.4. The summed E-state index contributed by atoms with van der Waals surface area (Å²) in [6.07, 6.45) is 0. The minimum absolute atomic E-state index is 0.124. The van der Waals surface area contributed by atoms with Gasteiger partial charge in [0.2, 0.25) is 0 Å². The van der Waals surface area contributed by atoms with Crippen LogP contribution >= 0.6 is 0 Å². The van der Waals surface area contributed by atoms with Crippen molar-refractivity contribution in [2.45, 2.75) is 46.2 Å². The molecule has 2 fully saturated rings. The maximum Gasteiger partial charge on any atom is 0.272 e. The Morgan fingerprint density at radius 2 is 2.04 bits per heavy atom. The van der Waals surface area contributed by atoms with E-state index in [1.807, 2.05) is 22.6 Å². The minimum Gasteiger partial charge on any atom is -0.379 e. The summed E-state index contributed by atoms with van der Waals surface area (Å²) in [7, 11) is 0. The second kappa shape index (κ2) is 7.23. The van der Waals surface area contributed by atoms with Crippen LogP contribution < -0.4 is 0 Å². The molecule has 6 nitrogen and oxygen atoms in total. The Balaban J connectivity index is 1.74. The van der Waals surface area contributed by atoms with Gasteiger partial charge < -0.3 is 9.64 Å². The predicted octanol–water partition coefficient (Wildman–Crippen LogP) is 1.82. The van der Waals surface area contributed by atoms with Crippen LogP contribution in [-0.2, 0) is 11.3 Å². The van der Waals surface area contributed by atoms with Crippen LogP contribution in [0.15, 0.2) is 6.07 Å². The van der Waals surface area contributed by atoms with Gasteiger partial charge in [-0.05, 0) is 24.8 Å². The first kappa shape index (κ1) is 17.4. The van der Waals surface area contributed by atoms with Crippen molar-refractivity contribution in [1.29, 1.82) is 0 Å². The van der Waals surface area contributed by atoms with Gasteiger partial charge in [0.1, 0.15) is 5.69 Å². The summed E-state index contributed by atoms with van der Waals surface area (Å²) < 4.78 is 7.31. The van der Waals surface area contributed by atoms with Gasteiger partial charge >= 0.3 is 0 Å². The fraction of sp³-hybridized carbons (Fsp3) is 0.778. The summed E-state index contributed by atoms with van der Waals surface area (Å²) in [6.45, 7) is 14.4. The van der Waals surface area contributed by atoms with Gasteiger partial charge in [-0.2, -0.15) is 5.10 Å². The fourth-order valence-electron chi connectivity index (χ4n) is 3.79. The lowest BCUT2D eigenvalue weighted by Crippen LogP contribution is -2.47. The van der Waals surface area contributed by atoms with Gasteiger partial charge in [-0.25, -0.2) is 0 Å². The molecular formula is C18H30N4O2. The summed E-state index contributed by atoms with van der Waals surface area (Å²) in [5.74, 6) is 0.955. The molecule has 2 aliphatic heterocycles. The quantitative estimate of drug-likeness (QED) is 0.843. The van der Waals surface area contributed by atoms with Crippen molar-refractivity contribution in [2.75, 3.05) is 39.4 Å². The molecule has 3 heterocycles. The van der Waals surface area contributed by atoms with Crippen molar-refractivity contribution < 1.29 is 9.53 Å². The van der Waals surface area contributed by atoms with Crippen LogP contribution in [0.5, 0.6) is 0 Å². The molecule has 2 aliphatic rings. The molecule has 0 radical (unpaired) electrons. The first-order valence-electron chi connectivity index (χ1n) is 9.20. The van der Waals surface area contributed by atoms with Crippen LogP contribution in [0.1, 0.15) is 49.8 Å². The van der Waals surface area contributed by atoms with Gasteiger partial charge in [-0.3, -0.25) is 14.4 Å². The summed E-state index contributed by atoms with van der Waals surface area (Å²) >= 11 is 0. The largest absolute Gasteiger partial charge is 0.379 e. The third-order valence-electron chi connectivity index (χ3n) is 5.28. The highest BCUT2D eigenvalue weighted by molar-refractivity contribution is 5.93. The number of hydrogen-bond donors (Lipinski definition) is 0. The van der Waals surface area contributed by atoms with Crippen molar-refractivity contribution in [1.82, 2.24) is 19.6 Å². The average Bonchev–Trinajstić information content (AvgIpc) is 3.18. The van der Waals surface area contributed by atoms with E-state index in [0.717, 1.165) is 57.3 Å².